The summed E-state index contributed by atoms with van der Waals surface area (Å²) < 4.78 is 0. The van der Waals surface area contributed by atoms with Crippen LogP contribution in [-0.2, 0) is 0 Å². The second kappa shape index (κ2) is 15.0. The van der Waals surface area contributed by atoms with Gasteiger partial charge in [-0.15, -0.1) is 13.2 Å². The summed E-state index contributed by atoms with van der Waals surface area (Å²) in [6.07, 6.45) is 14.1. The summed E-state index contributed by atoms with van der Waals surface area (Å²) in [5.41, 5.74) is 2.93. The number of unbranched alkanes of at least 4 members (excludes halogenated alkanes) is 1. The maximum Gasteiger partial charge on any atom is -0.0286 e. The Bertz CT molecular complexity index is 237. The van der Waals surface area contributed by atoms with Crippen molar-refractivity contribution in [3.63, 3.8) is 0 Å². The van der Waals surface area contributed by atoms with Crippen LogP contribution in [0.25, 0.3) is 0 Å². The Labute approximate surface area is 109 Å². The Kier molecular flexibility index (Phi) is 16.1. The molecule has 0 N–H and O–H groups in total. The Morgan fingerprint density at radius 1 is 1.00 bits per heavy atom. The van der Waals surface area contributed by atoms with Crippen molar-refractivity contribution in [3.8, 4) is 0 Å². The molecule has 0 saturated carbocycles. The molecule has 0 unspecified atom stereocenters. The van der Waals surface area contributed by atoms with Crippen LogP contribution in [0, 0.1) is 0 Å². The molecule has 0 aromatic heterocycles. The Morgan fingerprint density at radius 3 is 1.94 bits per heavy atom. The smallest absolute Gasteiger partial charge is 0.0286 e. The Morgan fingerprint density at radius 2 is 1.59 bits per heavy atom. The number of hydrogen-bond donors (Lipinski definition) is 0. The second-order valence-electron chi connectivity index (χ2n) is 4.28. The first-order valence-electron chi connectivity index (χ1n) is 6.61. The van der Waals surface area contributed by atoms with E-state index >= 15 is 0 Å². The lowest BCUT2D eigenvalue weighted by Crippen LogP contribution is -1.77. The van der Waals surface area contributed by atoms with Crippen molar-refractivity contribution in [1.82, 2.24) is 0 Å². The van der Waals surface area contributed by atoms with Crippen molar-refractivity contribution in [1.29, 1.82) is 0 Å². The molecule has 0 rings (SSSR count). The van der Waals surface area contributed by atoms with Crippen LogP contribution in [0.5, 0.6) is 0 Å². The Hall–Kier alpha value is -1.04. The van der Waals surface area contributed by atoms with Gasteiger partial charge in [0.25, 0.3) is 0 Å². The van der Waals surface area contributed by atoms with Crippen LogP contribution >= 0.6 is 0 Å². The van der Waals surface area contributed by atoms with E-state index in [-0.39, 0.29) is 0 Å². The summed E-state index contributed by atoms with van der Waals surface area (Å²) in [5, 5.41) is 0. The summed E-state index contributed by atoms with van der Waals surface area (Å²) in [4.78, 5) is 0. The fraction of sp³-hybridized carbons (Fsp3) is 0.529. The van der Waals surface area contributed by atoms with Crippen molar-refractivity contribution in [2.45, 2.75) is 59.8 Å². The van der Waals surface area contributed by atoms with E-state index in [2.05, 4.69) is 53.0 Å². The molecule has 0 aliphatic rings. The van der Waals surface area contributed by atoms with Crippen LogP contribution in [0.3, 0.4) is 0 Å². The van der Waals surface area contributed by atoms with E-state index in [9.17, 15) is 0 Å². The maximum absolute atomic E-state index is 3.67. The summed E-state index contributed by atoms with van der Waals surface area (Å²) in [7, 11) is 0. The van der Waals surface area contributed by atoms with E-state index in [1.54, 1.807) is 0 Å². The zero-order chi connectivity index (χ0) is 13.5. The fourth-order valence-corrected chi connectivity index (χ4v) is 1.30. The molecular weight excluding hydrogens is 204 g/mol. The van der Waals surface area contributed by atoms with Crippen LogP contribution in [0.4, 0.5) is 0 Å². The maximum atomic E-state index is 3.67. The SMILES string of the molecule is C=CCCC(=CC)CC.C=CCCC=C(C)C. The predicted octanol–water partition coefficient (Wildman–Crippen LogP) is 6.23. The third kappa shape index (κ3) is 17.6. The van der Waals surface area contributed by atoms with Crippen LogP contribution in [-0.4, -0.2) is 0 Å². The van der Waals surface area contributed by atoms with E-state index in [4.69, 9.17) is 0 Å². The summed E-state index contributed by atoms with van der Waals surface area (Å²) >= 11 is 0. The van der Waals surface area contributed by atoms with Crippen molar-refractivity contribution in [2.75, 3.05) is 0 Å². The van der Waals surface area contributed by atoms with E-state index in [0.717, 1.165) is 19.3 Å². The first-order chi connectivity index (χ1) is 8.12. The van der Waals surface area contributed by atoms with Gasteiger partial charge in [-0.05, 0) is 52.9 Å². The fourth-order valence-electron chi connectivity index (χ4n) is 1.30. The van der Waals surface area contributed by atoms with Crippen LogP contribution in [0.15, 0.2) is 48.6 Å². The molecule has 0 fully saturated rings. The third-order valence-corrected chi connectivity index (χ3v) is 2.46. The molecule has 98 valence electrons. The number of rotatable bonds is 7. The zero-order valence-corrected chi connectivity index (χ0v) is 12.3. The summed E-state index contributed by atoms with van der Waals surface area (Å²) in [6, 6.07) is 0. The highest BCUT2D eigenvalue weighted by Gasteiger charge is 1.88. The highest BCUT2D eigenvalue weighted by Crippen LogP contribution is 2.08. The monoisotopic (exact) mass is 234 g/mol. The van der Waals surface area contributed by atoms with Crippen LogP contribution in [0.1, 0.15) is 59.8 Å². The molecule has 17 heavy (non-hydrogen) atoms. The van der Waals surface area contributed by atoms with E-state index in [1.807, 2.05) is 12.2 Å². The third-order valence-electron chi connectivity index (χ3n) is 2.46. The van der Waals surface area contributed by atoms with Crippen LogP contribution < -0.4 is 0 Å². The largest absolute Gasteiger partial charge is 0.103 e. The molecule has 0 aromatic rings. The molecule has 0 heterocycles. The predicted molar refractivity (Wildman–Crippen MR) is 82.3 cm³/mol. The highest BCUT2D eigenvalue weighted by atomic mass is 13.9. The molecular formula is C17H30. The lowest BCUT2D eigenvalue weighted by atomic mass is 10.1. The van der Waals surface area contributed by atoms with Gasteiger partial charge in [-0.25, -0.2) is 0 Å². The van der Waals surface area contributed by atoms with E-state index < -0.39 is 0 Å². The minimum Gasteiger partial charge on any atom is -0.103 e. The number of hydrogen-bond acceptors (Lipinski definition) is 0. The van der Waals surface area contributed by atoms with Gasteiger partial charge in [0.2, 0.25) is 0 Å². The van der Waals surface area contributed by atoms with E-state index in [1.165, 1.54) is 24.0 Å². The lowest BCUT2D eigenvalue weighted by Gasteiger charge is -1.98. The lowest BCUT2D eigenvalue weighted by molar-refractivity contribution is 0.906. The highest BCUT2D eigenvalue weighted by molar-refractivity contribution is 5.00. The molecule has 0 amide bonds. The van der Waals surface area contributed by atoms with Gasteiger partial charge in [-0.3, -0.25) is 0 Å². The van der Waals surface area contributed by atoms with Crippen molar-refractivity contribution < 1.29 is 0 Å². The van der Waals surface area contributed by atoms with Gasteiger partial charge in [-0.2, -0.15) is 0 Å². The van der Waals surface area contributed by atoms with Gasteiger partial charge < -0.3 is 0 Å². The Balaban J connectivity index is 0. The van der Waals surface area contributed by atoms with Gasteiger partial charge in [0.15, 0.2) is 0 Å². The average molecular weight is 234 g/mol. The van der Waals surface area contributed by atoms with Crippen molar-refractivity contribution in [3.05, 3.63) is 48.6 Å². The molecule has 0 aliphatic heterocycles. The van der Waals surface area contributed by atoms with Gasteiger partial charge >= 0.3 is 0 Å². The molecule has 0 radical (unpaired) electrons. The minimum atomic E-state index is 1.10. The first kappa shape index (κ1) is 18.3. The standard InChI is InChI=1S/C9H16.C8H14/c1-4-7-8-9(5-2)6-3;1-4-5-6-7-8(2)3/h4-5H,1,6-8H2,2-3H3;4,7H,1,5-6H2,2-3H3. The van der Waals surface area contributed by atoms with Gasteiger partial charge in [0.05, 0.1) is 0 Å². The molecule has 0 nitrogen and oxygen atoms in total. The second-order valence-corrected chi connectivity index (χ2v) is 4.28. The molecule has 0 aliphatic carbocycles. The molecule has 0 heteroatoms. The molecule has 0 atom stereocenters. The first-order valence-corrected chi connectivity index (χ1v) is 6.61. The molecule has 0 aromatic carbocycles. The van der Waals surface area contributed by atoms with Crippen molar-refractivity contribution >= 4 is 0 Å². The minimum absolute atomic E-state index is 1.10. The topological polar surface area (TPSA) is 0 Å². The van der Waals surface area contributed by atoms with Gasteiger partial charge in [-0.1, -0.05) is 42.4 Å². The van der Waals surface area contributed by atoms with E-state index in [0.29, 0.717) is 0 Å². The summed E-state index contributed by atoms with van der Waals surface area (Å²) in [5.74, 6) is 0. The number of allylic oxidation sites excluding steroid dienone is 6. The zero-order valence-electron chi connectivity index (χ0n) is 12.3. The van der Waals surface area contributed by atoms with Gasteiger partial charge in [0, 0.05) is 0 Å². The molecule has 0 saturated heterocycles. The molecule has 0 bridgehead atoms. The van der Waals surface area contributed by atoms with Crippen LogP contribution in [0.2, 0.25) is 0 Å². The normalized spacial score (nSPS) is 10.0. The average Bonchev–Trinajstić information content (AvgIpc) is 2.31. The summed E-state index contributed by atoms with van der Waals surface area (Å²) in [6.45, 7) is 15.8. The molecule has 0 spiro atoms. The quantitative estimate of drug-likeness (QED) is 0.362. The van der Waals surface area contributed by atoms with Gasteiger partial charge in [0.1, 0.15) is 0 Å². The van der Waals surface area contributed by atoms with Crippen molar-refractivity contribution in [2.24, 2.45) is 0 Å².